The number of benzene rings is 1. The van der Waals surface area contributed by atoms with Gasteiger partial charge in [-0.3, -0.25) is 0 Å². The molecule has 1 aromatic rings. The normalized spacial score (nSPS) is 23.1. The van der Waals surface area contributed by atoms with Crippen LogP contribution in [0.25, 0.3) is 0 Å². The summed E-state index contributed by atoms with van der Waals surface area (Å²) in [5.74, 6) is 2.58. The van der Waals surface area contributed by atoms with Gasteiger partial charge in [0.15, 0.2) is 0 Å². The molecular weight excluding hydrogens is 333 g/mol. The second-order valence-electron chi connectivity index (χ2n) is 5.98. The maximum absolute atomic E-state index is 3.61. The van der Waals surface area contributed by atoms with Crippen LogP contribution in [-0.4, -0.2) is 13.1 Å². The zero-order valence-electron chi connectivity index (χ0n) is 11.5. The summed E-state index contributed by atoms with van der Waals surface area (Å²) >= 11 is 2.37. The molecule has 1 nitrogen and oxygen atoms in total. The van der Waals surface area contributed by atoms with Crippen LogP contribution >= 0.6 is 22.6 Å². The van der Waals surface area contributed by atoms with E-state index < -0.39 is 0 Å². The smallest absolute Gasteiger partial charge is 0.0130 e. The van der Waals surface area contributed by atoms with Gasteiger partial charge in [-0.25, -0.2) is 0 Å². The van der Waals surface area contributed by atoms with E-state index in [1.165, 1.54) is 34.9 Å². The standard InChI is InChI=1S/C16H24IN/c1-12(2)10-18-11-15-6-5-14(15)9-13-3-7-16(17)8-4-13/h3-4,7-8,12,14-15,18H,5-6,9-11H2,1-2H3. The Morgan fingerprint density at radius 3 is 2.39 bits per heavy atom. The molecule has 0 aliphatic heterocycles. The molecule has 0 amide bonds. The van der Waals surface area contributed by atoms with E-state index in [-0.39, 0.29) is 0 Å². The van der Waals surface area contributed by atoms with Gasteiger partial charge in [-0.1, -0.05) is 26.0 Å². The molecule has 100 valence electrons. The lowest BCUT2D eigenvalue weighted by Gasteiger charge is -2.37. The SMILES string of the molecule is CC(C)CNCC1CCC1Cc1ccc(I)cc1. The minimum absolute atomic E-state index is 0.764. The third-order valence-corrected chi connectivity index (χ3v) is 4.66. The topological polar surface area (TPSA) is 12.0 Å². The summed E-state index contributed by atoms with van der Waals surface area (Å²) in [6, 6.07) is 9.03. The van der Waals surface area contributed by atoms with Crippen molar-refractivity contribution in [1.82, 2.24) is 5.32 Å². The summed E-state index contributed by atoms with van der Waals surface area (Å²) in [5.41, 5.74) is 1.51. The largest absolute Gasteiger partial charge is 0.316 e. The van der Waals surface area contributed by atoms with Crippen LogP contribution in [0.15, 0.2) is 24.3 Å². The Hall–Kier alpha value is -0.0900. The Bertz CT molecular complexity index is 358. The minimum Gasteiger partial charge on any atom is -0.316 e. The first kappa shape index (κ1) is 14.3. The number of rotatable bonds is 6. The second-order valence-corrected chi connectivity index (χ2v) is 7.23. The lowest BCUT2D eigenvalue weighted by atomic mass is 9.70. The first-order valence-electron chi connectivity index (χ1n) is 7.10. The molecule has 0 bridgehead atoms. The van der Waals surface area contributed by atoms with Gasteiger partial charge in [-0.05, 0) is 90.4 Å². The molecule has 1 fully saturated rings. The maximum atomic E-state index is 3.61. The predicted octanol–water partition coefficient (Wildman–Crippen LogP) is 4.11. The Morgan fingerprint density at radius 1 is 1.17 bits per heavy atom. The van der Waals surface area contributed by atoms with Crippen LogP contribution in [0.3, 0.4) is 0 Å². The van der Waals surface area contributed by atoms with Crippen molar-refractivity contribution in [2.75, 3.05) is 13.1 Å². The molecule has 2 unspecified atom stereocenters. The summed E-state index contributed by atoms with van der Waals surface area (Å²) in [6.07, 6.45) is 4.10. The summed E-state index contributed by atoms with van der Waals surface area (Å²) in [7, 11) is 0. The molecule has 0 heterocycles. The highest BCUT2D eigenvalue weighted by molar-refractivity contribution is 14.1. The van der Waals surface area contributed by atoms with E-state index in [1.807, 2.05) is 0 Å². The monoisotopic (exact) mass is 357 g/mol. The van der Waals surface area contributed by atoms with Gasteiger partial charge in [0.05, 0.1) is 0 Å². The van der Waals surface area contributed by atoms with Crippen LogP contribution in [0, 0.1) is 21.3 Å². The van der Waals surface area contributed by atoms with Gasteiger partial charge in [0, 0.05) is 3.57 Å². The van der Waals surface area contributed by atoms with Crippen molar-refractivity contribution in [1.29, 1.82) is 0 Å². The molecule has 2 heteroatoms. The van der Waals surface area contributed by atoms with Crippen LogP contribution in [0.1, 0.15) is 32.3 Å². The van der Waals surface area contributed by atoms with Crippen LogP contribution in [0.4, 0.5) is 0 Å². The molecule has 1 aliphatic rings. The van der Waals surface area contributed by atoms with Gasteiger partial charge < -0.3 is 5.32 Å². The summed E-state index contributed by atoms with van der Waals surface area (Å²) in [5, 5.41) is 3.61. The van der Waals surface area contributed by atoms with Crippen molar-refractivity contribution in [2.45, 2.75) is 33.1 Å². The van der Waals surface area contributed by atoms with Crippen LogP contribution in [0.5, 0.6) is 0 Å². The Balaban J connectivity index is 1.75. The molecule has 0 spiro atoms. The first-order valence-corrected chi connectivity index (χ1v) is 8.18. The molecule has 1 saturated carbocycles. The predicted molar refractivity (Wildman–Crippen MR) is 86.8 cm³/mol. The van der Waals surface area contributed by atoms with E-state index in [4.69, 9.17) is 0 Å². The quantitative estimate of drug-likeness (QED) is 0.756. The number of hydrogen-bond acceptors (Lipinski definition) is 1. The van der Waals surface area contributed by atoms with Crippen molar-refractivity contribution in [3.05, 3.63) is 33.4 Å². The van der Waals surface area contributed by atoms with E-state index in [1.54, 1.807) is 0 Å². The first-order chi connectivity index (χ1) is 8.65. The fraction of sp³-hybridized carbons (Fsp3) is 0.625. The molecule has 18 heavy (non-hydrogen) atoms. The van der Waals surface area contributed by atoms with Crippen molar-refractivity contribution in [2.24, 2.45) is 17.8 Å². The molecule has 0 aromatic heterocycles. The Kier molecular flexibility index (Phi) is 5.49. The lowest BCUT2D eigenvalue weighted by Crippen LogP contribution is -2.37. The van der Waals surface area contributed by atoms with Crippen LogP contribution < -0.4 is 5.32 Å². The molecule has 1 aromatic carbocycles. The van der Waals surface area contributed by atoms with Gasteiger partial charge in [-0.2, -0.15) is 0 Å². The van der Waals surface area contributed by atoms with Gasteiger partial charge in [0.1, 0.15) is 0 Å². The highest BCUT2D eigenvalue weighted by Gasteiger charge is 2.30. The average Bonchev–Trinajstić information content (AvgIpc) is 2.32. The number of halogens is 1. The second kappa shape index (κ2) is 6.90. The third kappa shape index (κ3) is 4.23. The average molecular weight is 357 g/mol. The molecule has 0 saturated heterocycles. The van der Waals surface area contributed by atoms with E-state index in [0.29, 0.717) is 0 Å². The Labute approximate surface area is 125 Å². The van der Waals surface area contributed by atoms with Crippen molar-refractivity contribution in [3.8, 4) is 0 Å². The van der Waals surface area contributed by atoms with E-state index in [0.717, 1.165) is 24.3 Å². The molecule has 2 atom stereocenters. The van der Waals surface area contributed by atoms with Gasteiger partial charge in [-0.15, -0.1) is 0 Å². The zero-order valence-corrected chi connectivity index (χ0v) is 13.6. The maximum Gasteiger partial charge on any atom is 0.0130 e. The summed E-state index contributed by atoms with van der Waals surface area (Å²) in [4.78, 5) is 0. The highest BCUT2D eigenvalue weighted by Crippen LogP contribution is 2.36. The van der Waals surface area contributed by atoms with Gasteiger partial charge in [0.2, 0.25) is 0 Å². The minimum atomic E-state index is 0.764. The van der Waals surface area contributed by atoms with Crippen LogP contribution in [0.2, 0.25) is 0 Å². The highest BCUT2D eigenvalue weighted by atomic mass is 127. The van der Waals surface area contributed by atoms with Crippen LogP contribution in [-0.2, 0) is 6.42 Å². The molecular formula is C16H24IN. The number of nitrogens with one attached hydrogen (secondary N) is 1. The lowest BCUT2D eigenvalue weighted by molar-refractivity contribution is 0.169. The third-order valence-electron chi connectivity index (χ3n) is 3.95. The van der Waals surface area contributed by atoms with Crippen molar-refractivity contribution >= 4 is 22.6 Å². The van der Waals surface area contributed by atoms with Gasteiger partial charge in [0.25, 0.3) is 0 Å². The fourth-order valence-electron chi connectivity index (χ4n) is 2.66. The van der Waals surface area contributed by atoms with E-state index >= 15 is 0 Å². The molecule has 1 N–H and O–H groups in total. The molecule has 0 radical (unpaired) electrons. The molecule has 1 aliphatic carbocycles. The summed E-state index contributed by atoms with van der Waals surface area (Å²) < 4.78 is 1.33. The Morgan fingerprint density at radius 2 is 1.83 bits per heavy atom. The molecule has 2 rings (SSSR count). The van der Waals surface area contributed by atoms with Gasteiger partial charge >= 0.3 is 0 Å². The van der Waals surface area contributed by atoms with E-state index in [9.17, 15) is 0 Å². The van der Waals surface area contributed by atoms with Crippen molar-refractivity contribution in [3.63, 3.8) is 0 Å². The van der Waals surface area contributed by atoms with Crippen molar-refractivity contribution < 1.29 is 0 Å². The zero-order chi connectivity index (χ0) is 13.0. The van der Waals surface area contributed by atoms with E-state index in [2.05, 4.69) is 66.0 Å². The summed E-state index contributed by atoms with van der Waals surface area (Å²) in [6.45, 7) is 6.92. The number of hydrogen-bond donors (Lipinski definition) is 1. The fourth-order valence-corrected chi connectivity index (χ4v) is 3.02.